The van der Waals surface area contributed by atoms with Gasteiger partial charge in [0.1, 0.15) is 0 Å². The molecule has 2 nitrogen and oxygen atoms in total. The summed E-state index contributed by atoms with van der Waals surface area (Å²) in [7, 11) is 0. The fraction of sp³-hybridized carbons (Fsp3) is 0.600. The topological polar surface area (TPSA) is 35.2 Å². The van der Waals surface area contributed by atoms with Gasteiger partial charge in [0.2, 0.25) is 0 Å². The highest BCUT2D eigenvalue weighted by atomic mass is 35.5. The second-order valence-corrected chi connectivity index (χ2v) is 5.26. The number of hydrogen-bond donors (Lipinski definition) is 1. The van der Waals surface area contributed by atoms with Crippen LogP contribution < -0.4 is 5.73 Å². The Balaban J connectivity index is 2.09. The Kier molecular flexibility index (Phi) is 3.12. The highest BCUT2D eigenvalue weighted by Crippen LogP contribution is 2.34. The number of rotatable bonds is 2. The lowest BCUT2D eigenvalue weighted by Crippen LogP contribution is -2.26. The number of hydrogen-bond acceptors (Lipinski definition) is 3. The van der Waals surface area contributed by atoms with Gasteiger partial charge in [-0.3, -0.25) is 0 Å². The van der Waals surface area contributed by atoms with E-state index in [1.807, 2.05) is 11.4 Å². The van der Waals surface area contributed by atoms with E-state index in [-0.39, 0.29) is 12.1 Å². The minimum atomic E-state index is -0.0706. The summed E-state index contributed by atoms with van der Waals surface area (Å²) < 4.78 is 6.52. The first-order chi connectivity index (χ1) is 6.68. The lowest BCUT2D eigenvalue weighted by atomic mass is 10.0. The van der Waals surface area contributed by atoms with Crippen molar-refractivity contribution >= 4 is 22.9 Å². The van der Waals surface area contributed by atoms with Crippen LogP contribution in [0.1, 0.15) is 31.4 Å². The standard InChI is InChI=1S/C10H14ClNOS/c1-6-2-3-8(13-6)9(12)7-4-5-14-10(7)11/h4-6,8-9H,2-3,12H2,1H3. The van der Waals surface area contributed by atoms with E-state index in [2.05, 4.69) is 6.92 Å². The van der Waals surface area contributed by atoms with Gasteiger partial charge >= 0.3 is 0 Å². The molecule has 2 N–H and O–H groups in total. The van der Waals surface area contributed by atoms with Crippen LogP contribution in [0.5, 0.6) is 0 Å². The lowest BCUT2D eigenvalue weighted by molar-refractivity contribution is 0.0402. The Labute approximate surface area is 93.0 Å². The molecule has 0 aromatic carbocycles. The molecule has 3 unspecified atom stereocenters. The molecule has 2 rings (SSSR count). The summed E-state index contributed by atoms with van der Waals surface area (Å²) in [6.45, 7) is 2.09. The maximum absolute atomic E-state index is 6.10. The van der Waals surface area contributed by atoms with Crippen LogP contribution in [0.4, 0.5) is 0 Å². The van der Waals surface area contributed by atoms with Crippen LogP contribution >= 0.6 is 22.9 Å². The van der Waals surface area contributed by atoms with E-state index in [0.29, 0.717) is 6.10 Å². The first-order valence-electron chi connectivity index (χ1n) is 4.82. The largest absolute Gasteiger partial charge is 0.373 e. The molecule has 1 aromatic heterocycles. The molecule has 0 saturated carbocycles. The van der Waals surface area contributed by atoms with E-state index in [0.717, 1.165) is 22.7 Å². The molecule has 3 atom stereocenters. The molecule has 0 radical (unpaired) electrons. The Morgan fingerprint density at radius 2 is 2.43 bits per heavy atom. The predicted octanol–water partition coefficient (Wildman–Crippen LogP) is 2.97. The highest BCUT2D eigenvalue weighted by molar-refractivity contribution is 7.14. The zero-order valence-electron chi connectivity index (χ0n) is 8.07. The third-order valence-corrected chi connectivity index (χ3v) is 3.87. The minimum absolute atomic E-state index is 0.0706. The Hall–Kier alpha value is -0.0900. The lowest BCUT2D eigenvalue weighted by Gasteiger charge is -2.18. The maximum atomic E-state index is 6.10. The van der Waals surface area contributed by atoms with E-state index >= 15 is 0 Å². The van der Waals surface area contributed by atoms with E-state index in [1.54, 1.807) is 0 Å². The van der Waals surface area contributed by atoms with E-state index in [4.69, 9.17) is 22.1 Å². The molecule has 1 saturated heterocycles. The van der Waals surface area contributed by atoms with Gasteiger partial charge in [0, 0.05) is 5.56 Å². The first-order valence-corrected chi connectivity index (χ1v) is 6.08. The van der Waals surface area contributed by atoms with Crippen LogP contribution in [-0.4, -0.2) is 12.2 Å². The SMILES string of the molecule is CC1CCC(C(N)c2ccsc2Cl)O1. The monoisotopic (exact) mass is 231 g/mol. The van der Waals surface area contributed by atoms with Gasteiger partial charge in [0.25, 0.3) is 0 Å². The van der Waals surface area contributed by atoms with Crippen LogP contribution in [0.15, 0.2) is 11.4 Å². The minimum Gasteiger partial charge on any atom is -0.373 e. The molecule has 1 aliphatic heterocycles. The smallest absolute Gasteiger partial charge is 0.0977 e. The van der Waals surface area contributed by atoms with Crippen molar-refractivity contribution < 1.29 is 4.74 Å². The fourth-order valence-electron chi connectivity index (χ4n) is 1.84. The van der Waals surface area contributed by atoms with E-state index < -0.39 is 0 Å². The average Bonchev–Trinajstić information content (AvgIpc) is 2.73. The van der Waals surface area contributed by atoms with Gasteiger partial charge in [0.15, 0.2) is 0 Å². The molecule has 4 heteroatoms. The predicted molar refractivity (Wildman–Crippen MR) is 59.8 cm³/mol. The summed E-state index contributed by atoms with van der Waals surface area (Å²) >= 11 is 7.55. The molecule has 0 aliphatic carbocycles. The summed E-state index contributed by atoms with van der Waals surface area (Å²) in [5.41, 5.74) is 7.13. The number of thiophene rings is 1. The van der Waals surface area contributed by atoms with Crippen LogP contribution in [0, 0.1) is 0 Å². The summed E-state index contributed by atoms with van der Waals surface area (Å²) in [6, 6.07) is 1.92. The van der Waals surface area contributed by atoms with Crippen molar-refractivity contribution in [3.63, 3.8) is 0 Å². The molecule has 2 heterocycles. The van der Waals surface area contributed by atoms with E-state index in [1.165, 1.54) is 11.3 Å². The molecule has 14 heavy (non-hydrogen) atoms. The van der Waals surface area contributed by atoms with Crippen molar-refractivity contribution in [1.29, 1.82) is 0 Å². The molecular weight excluding hydrogens is 218 g/mol. The quantitative estimate of drug-likeness (QED) is 0.850. The molecule has 0 spiro atoms. The molecule has 1 aromatic rings. The number of halogens is 1. The maximum Gasteiger partial charge on any atom is 0.0977 e. The van der Waals surface area contributed by atoms with Crippen LogP contribution in [-0.2, 0) is 4.74 Å². The molecular formula is C10H14ClNOS. The van der Waals surface area contributed by atoms with Crippen LogP contribution in [0.2, 0.25) is 4.34 Å². The van der Waals surface area contributed by atoms with E-state index in [9.17, 15) is 0 Å². The molecule has 78 valence electrons. The molecule has 0 bridgehead atoms. The van der Waals surface area contributed by atoms with Gasteiger partial charge in [-0.05, 0) is 31.2 Å². The normalized spacial score (nSPS) is 29.4. The summed E-state index contributed by atoms with van der Waals surface area (Å²) in [4.78, 5) is 0. The summed E-state index contributed by atoms with van der Waals surface area (Å²) in [6.07, 6.45) is 2.61. The number of nitrogens with two attached hydrogens (primary N) is 1. The van der Waals surface area contributed by atoms with Gasteiger partial charge in [-0.2, -0.15) is 0 Å². The van der Waals surface area contributed by atoms with Gasteiger partial charge in [0.05, 0.1) is 22.6 Å². The van der Waals surface area contributed by atoms with Gasteiger partial charge < -0.3 is 10.5 Å². The second-order valence-electron chi connectivity index (χ2n) is 3.74. The second kappa shape index (κ2) is 4.19. The fourth-order valence-corrected chi connectivity index (χ4v) is 2.86. The van der Waals surface area contributed by atoms with Crippen molar-refractivity contribution in [2.75, 3.05) is 0 Å². The van der Waals surface area contributed by atoms with Crippen molar-refractivity contribution in [1.82, 2.24) is 0 Å². The van der Waals surface area contributed by atoms with Gasteiger partial charge in [-0.1, -0.05) is 11.6 Å². The first kappa shape index (κ1) is 10.4. The highest BCUT2D eigenvalue weighted by Gasteiger charge is 2.29. The van der Waals surface area contributed by atoms with Crippen molar-refractivity contribution in [3.8, 4) is 0 Å². The molecule has 1 aliphatic rings. The Bertz CT molecular complexity index is 315. The van der Waals surface area contributed by atoms with Crippen LogP contribution in [0.3, 0.4) is 0 Å². The van der Waals surface area contributed by atoms with Crippen molar-refractivity contribution in [3.05, 3.63) is 21.3 Å². The summed E-state index contributed by atoms with van der Waals surface area (Å²) in [5.74, 6) is 0. The Morgan fingerprint density at radius 3 is 2.93 bits per heavy atom. The third kappa shape index (κ3) is 1.96. The Morgan fingerprint density at radius 1 is 1.64 bits per heavy atom. The van der Waals surface area contributed by atoms with Crippen LogP contribution in [0.25, 0.3) is 0 Å². The molecule has 1 fully saturated rings. The van der Waals surface area contributed by atoms with Gasteiger partial charge in [-0.25, -0.2) is 0 Å². The van der Waals surface area contributed by atoms with Crippen molar-refractivity contribution in [2.24, 2.45) is 5.73 Å². The number of ether oxygens (including phenoxy) is 1. The zero-order chi connectivity index (χ0) is 10.1. The average molecular weight is 232 g/mol. The van der Waals surface area contributed by atoms with Crippen molar-refractivity contribution in [2.45, 2.75) is 38.0 Å². The van der Waals surface area contributed by atoms with Gasteiger partial charge in [-0.15, -0.1) is 11.3 Å². The molecule has 0 amide bonds. The third-order valence-electron chi connectivity index (χ3n) is 2.67. The summed E-state index contributed by atoms with van der Waals surface area (Å²) in [5, 5.41) is 1.97. The zero-order valence-corrected chi connectivity index (χ0v) is 9.65.